The van der Waals surface area contributed by atoms with Crippen LogP contribution in [0, 0.1) is 5.92 Å². The summed E-state index contributed by atoms with van der Waals surface area (Å²) in [6.07, 6.45) is 0.902. The third-order valence-corrected chi connectivity index (χ3v) is 2.95. The summed E-state index contributed by atoms with van der Waals surface area (Å²) >= 11 is 0. The lowest BCUT2D eigenvalue weighted by atomic mass is 10.1. The first-order valence-electron chi connectivity index (χ1n) is 5.73. The number of amides is 1. The number of rotatable bonds is 3. The molecule has 0 aromatic heterocycles. The van der Waals surface area contributed by atoms with Crippen molar-refractivity contribution in [2.45, 2.75) is 20.3 Å². The van der Waals surface area contributed by atoms with Crippen LogP contribution < -0.4 is 0 Å². The van der Waals surface area contributed by atoms with E-state index in [-0.39, 0.29) is 6.09 Å². The summed E-state index contributed by atoms with van der Waals surface area (Å²) in [5.74, 6) is 0.460. The molecule has 0 aromatic rings. The maximum atomic E-state index is 11.6. The molecule has 1 saturated heterocycles. The number of carbonyl (C=O) groups is 1. The number of hydrogen-bond donors (Lipinski definition) is 0. The van der Waals surface area contributed by atoms with Gasteiger partial charge in [-0.3, -0.25) is 0 Å². The van der Waals surface area contributed by atoms with Crippen molar-refractivity contribution in [2.24, 2.45) is 5.92 Å². The summed E-state index contributed by atoms with van der Waals surface area (Å²) < 4.78 is 5.24. The minimum atomic E-state index is -0.150. The summed E-state index contributed by atoms with van der Waals surface area (Å²) in [6, 6.07) is 0. The van der Waals surface area contributed by atoms with Crippen molar-refractivity contribution >= 4 is 6.09 Å². The van der Waals surface area contributed by atoms with Crippen LogP contribution in [0.25, 0.3) is 0 Å². The second-order valence-corrected chi connectivity index (χ2v) is 4.38. The average Bonchev–Trinajstić information content (AvgIpc) is 2.26. The Morgan fingerprint density at radius 2 is 1.93 bits per heavy atom. The summed E-state index contributed by atoms with van der Waals surface area (Å²) in [5, 5.41) is 0. The van der Waals surface area contributed by atoms with Gasteiger partial charge in [-0.25, -0.2) is 4.79 Å². The third-order valence-electron chi connectivity index (χ3n) is 2.95. The molecule has 0 spiro atoms. The molecule has 4 heteroatoms. The van der Waals surface area contributed by atoms with Crippen LogP contribution in [0.1, 0.15) is 20.3 Å². The molecule has 0 bridgehead atoms. The second-order valence-electron chi connectivity index (χ2n) is 4.38. The van der Waals surface area contributed by atoms with E-state index in [4.69, 9.17) is 4.74 Å². The average molecular weight is 214 g/mol. The van der Waals surface area contributed by atoms with Crippen LogP contribution in [0.2, 0.25) is 0 Å². The molecule has 1 unspecified atom stereocenters. The Balaban J connectivity index is 2.22. The summed E-state index contributed by atoms with van der Waals surface area (Å²) in [6.45, 7) is 8.20. The van der Waals surface area contributed by atoms with Crippen LogP contribution in [0.3, 0.4) is 0 Å². The van der Waals surface area contributed by atoms with Gasteiger partial charge in [0.25, 0.3) is 0 Å². The lowest BCUT2D eigenvalue weighted by molar-refractivity contribution is 0.0718. The van der Waals surface area contributed by atoms with Gasteiger partial charge in [0.1, 0.15) is 0 Å². The molecule has 1 amide bonds. The molecule has 0 saturated carbocycles. The molecule has 1 fully saturated rings. The van der Waals surface area contributed by atoms with E-state index in [9.17, 15) is 4.79 Å². The molecule has 1 aliphatic heterocycles. The van der Waals surface area contributed by atoms with Crippen LogP contribution in [-0.2, 0) is 4.74 Å². The first kappa shape index (κ1) is 12.3. The lowest BCUT2D eigenvalue weighted by Gasteiger charge is -2.31. The molecule has 0 aliphatic carbocycles. The Bertz CT molecular complexity index is 201. The summed E-state index contributed by atoms with van der Waals surface area (Å²) in [4.78, 5) is 15.6. The van der Waals surface area contributed by atoms with Crippen LogP contribution in [0.5, 0.6) is 0 Å². The predicted molar refractivity (Wildman–Crippen MR) is 59.9 cm³/mol. The molecule has 0 aromatic carbocycles. The first-order valence-corrected chi connectivity index (χ1v) is 5.73. The number of nitrogens with zero attached hydrogens (tertiary/aromatic N) is 2. The Kier molecular flexibility index (Phi) is 4.88. The number of carbonyl (C=O) groups excluding carboxylic acids is 1. The van der Waals surface area contributed by atoms with E-state index in [1.54, 1.807) is 4.90 Å². The Morgan fingerprint density at radius 3 is 2.47 bits per heavy atom. The van der Waals surface area contributed by atoms with Crippen LogP contribution >= 0.6 is 0 Å². The van der Waals surface area contributed by atoms with Gasteiger partial charge in [-0.1, -0.05) is 20.3 Å². The normalized spacial score (nSPS) is 20.1. The number of hydrogen-bond acceptors (Lipinski definition) is 3. The molecule has 1 aliphatic rings. The van der Waals surface area contributed by atoms with Crippen molar-refractivity contribution in [2.75, 3.05) is 39.8 Å². The molecular formula is C11H22N2O2. The van der Waals surface area contributed by atoms with E-state index in [1.807, 2.05) is 0 Å². The topological polar surface area (TPSA) is 32.8 Å². The van der Waals surface area contributed by atoms with Gasteiger partial charge in [0.05, 0.1) is 6.61 Å². The van der Waals surface area contributed by atoms with Crippen molar-refractivity contribution in [3.05, 3.63) is 0 Å². The zero-order valence-electron chi connectivity index (χ0n) is 10.0. The Morgan fingerprint density at radius 1 is 1.33 bits per heavy atom. The zero-order valence-corrected chi connectivity index (χ0v) is 10.0. The molecule has 0 radical (unpaired) electrons. The maximum Gasteiger partial charge on any atom is 0.409 e. The van der Waals surface area contributed by atoms with E-state index < -0.39 is 0 Å². The number of likely N-dealkylation sites (N-methyl/N-ethyl adjacent to an activating group) is 1. The summed E-state index contributed by atoms with van der Waals surface area (Å²) in [5.41, 5.74) is 0. The second kappa shape index (κ2) is 5.95. The molecule has 88 valence electrons. The standard InChI is InChI=1S/C11H22N2O2/c1-4-10(2)9-15-11(14)13-7-5-12(3)6-8-13/h10H,4-9H2,1-3H3. The Labute approximate surface area is 92.2 Å². The maximum absolute atomic E-state index is 11.6. The highest BCUT2D eigenvalue weighted by Gasteiger charge is 2.20. The van der Waals surface area contributed by atoms with Gasteiger partial charge in [0, 0.05) is 26.2 Å². The quantitative estimate of drug-likeness (QED) is 0.712. The zero-order chi connectivity index (χ0) is 11.3. The molecule has 1 rings (SSSR count). The van der Waals surface area contributed by atoms with Crippen LogP contribution in [0.15, 0.2) is 0 Å². The van der Waals surface area contributed by atoms with Crippen LogP contribution in [0.4, 0.5) is 4.79 Å². The fraction of sp³-hybridized carbons (Fsp3) is 0.909. The predicted octanol–water partition coefficient (Wildman–Crippen LogP) is 1.42. The van der Waals surface area contributed by atoms with Gasteiger partial charge in [0.2, 0.25) is 0 Å². The van der Waals surface area contributed by atoms with Crippen molar-refractivity contribution in [3.8, 4) is 0 Å². The van der Waals surface area contributed by atoms with Crippen LogP contribution in [-0.4, -0.2) is 55.7 Å². The van der Waals surface area contributed by atoms with Gasteiger partial charge in [-0.2, -0.15) is 0 Å². The minimum Gasteiger partial charge on any atom is -0.449 e. The van der Waals surface area contributed by atoms with Crippen molar-refractivity contribution in [1.82, 2.24) is 9.80 Å². The number of piperazine rings is 1. The van der Waals surface area contributed by atoms with Crippen molar-refractivity contribution in [1.29, 1.82) is 0 Å². The third kappa shape index (κ3) is 4.08. The van der Waals surface area contributed by atoms with E-state index in [1.165, 1.54) is 0 Å². The minimum absolute atomic E-state index is 0.150. The fourth-order valence-electron chi connectivity index (χ4n) is 1.41. The first-order chi connectivity index (χ1) is 7.13. The highest BCUT2D eigenvalue weighted by atomic mass is 16.6. The molecule has 1 heterocycles. The van der Waals surface area contributed by atoms with Gasteiger partial charge < -0.3 is 14.5 Å². The highest BCUT2D eigenvalue weighted by molar-refractivity contribution is 5.67. The van der Waals surface area contributed by atoms with E-state index >= 15 is 0 Å². The van der Waals surface area contributed by atoms with E-state index in [2.05, 4.69) is 25.8 Å². The van der Waals surface area contributed by atoms with Gasteiger partial charge >= 0.3 is 6.09 Å². The molecule has 0 N–H and O–H groups in total. The Hall–Kier alpha value is -0.770. The smallest absolute Gasteiger partial charge is 0.409 e. The van der Waals surface area contributed by atoms with E-state index in [0.717, 1.165) is 32.6 Å². The molecule has 1 atom stereocenters. The monoisotopic (exact) mass is 214 g/mol. The van der Waals surface area contributed by atoms with Gasteiger partial charge in [0.15, 0.2) is 0 Å². The number of ether oxygens (including phenoxy) is 1. The summed E-state index contributed by atoms with van der Waals surface area (Å²) in [7, 11) is 2.07. The SMILES string of the molecule is CCC(C)COC(=O)N1CCN(C)CC1. The largest absolute Gasteiger partial charge is 0.449 e. The molecule has 4 nitrogen and oxygen atoms in total. The lowest BCUT2D eigenvalue weighted by Crippen LogP contribution is -2.47. The van der Waals surface area contributed by atoms with Crippen molar-refractivity contribution < 1.29 is 9.53 Å². The fourth-order valence-corrected chi connectivity index (χ4v) is 1.41. The molecular weight excluding hydrogens is 192 g/mol. The van der Waals surface area contributed by atoms with Crippen molar-refractivity contribution in [3.63, 3.8) is 0 Å². The van der Waals surface area contributed by atoms with Gasteiger partial charge in [-0.05, 0) is 13.0 Å². The van der Waals surface area contributed by atoms with E-state index in [0.29, 0.717) is 12.5 Å². The van der Waals surface area contributed by atoms with Gasteiger partial charge in [-0.15, -0.1) is 0 Å². The molecule has 15 heavy (non-hydrogen) atoms. The highest BCUT2D eigenvalue weighted by Crippen LogP contribution is 2.05.